The molecule has 90 valence electrons. The van der Waals surface area contributed by atoms with E-state index in [9.17, 15) is 8.42 Å². The van der Waals surface area contributed by atoms with Crippen LogP contribution >= 0.6 is 0 Å². The van der Waals surface area contributed by atoms with Gasteiger partial charge in [0.2, 0.25) is 0 Å². The Morgan fingerprint density at radius 1 is 1.59 bits per heavy atom. The Hall–Kier alpha value is -1.68. The van der Waals surface area contributed by atoms with Crippen molar-refractivity contribution in [1.82, 2.24) is 10.2 Å². The molecule has 1 aliphatic heterocycles. The van der Waals surface area contributed by atoms with E-state index < -0.39 is 9.84 Å². The Morgan fingerprint density at radius 3 is 2.94 bits per heavy atom. The molecule has 0 radical (unpaired) electrons. The van der Waals surface area contributed by atoms with Crippen molar-refractivity contribution >= 4 is 15.7 Å². The van der Waals surface area contributed by atoms with Gasteiger partial charge in [-0.05, 0) is 12.5 Å². The summed E-state index contributed by atoms with van der Waals surface area (Å²) in [6, 6.07) is 3.48. The molecule has 0 aliphatic carbocycles. The highest BCUT2D eigenvalue weighted by Gasteiger charge is 2.32. The normalized spacial score (nSPS) is 22.0. The predicted octanol–water partition coefficient (Wildman–Crippen LogP) is -0.0284. The smallest absolute Gasteiger partial charge is 0.169 e. The molecule has 1 saturated heterocycles. The molecule has 0 bridgehead atoms. The maximum Gasteiger partial charge on any atom is 0.169 e. The van der Waals surface area contributed by atoms with Gasteiger partial charge in [-0.3, -0.25) is 0 Å². The van der Waals surface area contributed by atoms with Gasteiger partial charge in [-0.15, -0.1) is 5.10 Å². The molecule has 7 heteroatoms. The highest BCUT2D eigenvalue weighted by molar-refractivity contribution is 7.91. The molecule has 2 heterocycles. The summed E-state index contributed by atoms with van der Waals surface area (Å²) >= 11 is 0. The molecule has 1 fully saturated rings. The number of nitrogens with zero attached hydrogens (tertiary/aromatic N) is 4. The van der Waals surface area contributed by atoms with Crippen molar-refractivity contribution in [2.75, 3.05) is 23.5 Å². The SMILES string of the molecule is CN(c1nnccc1C#N)C1CCS(=O)(=O)C1. The second-order valence-electron chi connectivity index (χ2n) is 4.05. The van der Waals surface area contributed by atoms with Gasteiger partial charge in [0, 0.05) is 13.1 Å². The van der Waals surface area contributed by atoms with Crippen molar-refractivity contribution in [3.05, 3.63) is 17.8 Å². The number of rotatable bonds is 2. The Labute approximate surface area is 99.8 Å². The van der Waals surface area contributed by atoms with E-state index in [1.54, 1.807) is 18.0 Å². The molecule has 1 unspecified atom stereocenters. The third kappa shape index (κ3) is 2.36. The van der Waals surface area contributed by atoms with Crippen LogP contribution in [-0.2, 0) is 9.84 Å². The molecule has 1 aliphatic rings. The lowest BCUT2D eigenvalue weighted by molar-refractivity contribution is 0.600. The van der Waals surface area contributed by atoms with Crippen molar-refractivity contribution in [2.45, 2.75) is 12.5 Å². The van der Waals surface area contributed by atoms with E-state index >= 15 is 0 Å². The molecule has 17 heavy (non-hydrogen) atoms. The van der Waals surface area contributed by atoms with Crippen LogP contribution in [0.4, 0.5) is 5.82 Å². The first kappa shape index (κ1) is 11.8. The van der Waals surface area contributed by atoms with Gasteiger partial charge in [0.15, 0.2) is 15.7 Å². The third-order valence-corrected chi connectivity index (χ3v) is 4.66. The Kier molecular flexibility index (Phi) is 2.98. The summed E-state index contributed by atoms with van der Waals surface area (Å²) in [6.07, 6.45) is 2.02. The minimum absolute atomic E-state index is 0.116. The van der Waals surface area contributed by atoms with Crippen LogP contribution in [0.3, 0.4) is 0 Å². The van der Waals surface area contributed by atoms with Crippen LogP contribution in [0.2, 0.25) is 0 Å². The van der Waals surface area contributed by atoms with Crippen LogP contribution in [0, 0.1) is 11.3 Å². The molecule has 0 amide bonds. The first-order valence-electron chi connectivity index (χ1n) is 5.18. The molecule has 0 aromatic carbocycles. The molecule has 0 N–H and O–H groups in total. The molecule has 1 aromatic heterocycles. The lowest BCUT2D eigenvalue weighted by atomic mass is 10.2. The number of anilines is 1. The van der Waals surface area contributed by atoms with Crippen LogP contribution in [0.5, 0.6) is 0 Å². The highest BCUT2D eigenvalue weighted by atomic mass is 32.2. The standard InChI is InChI=1S/C10H12N4O2S/c1-14(9-3-5-17(15,16)7-9)10-8(6-11)2-4-12-13-10/h2,4,9H,3,5,7H2,1H3. The minimum atomic E-state index is -2.94. The fourth-order valence-electron chi connectivity index (χ4n) is 1.93. The van der Waals surface area contributed by atoms with E-state index in [1.165, 1.54) is 6.20 Å². The summed E-state index contributed by atoms with van der Waals surface area (Å²) < 4.78 is 22.8. The molecule has 6 nitrogen and oxygen atoms in total. The Balaban J connectivity index is 2.27. The van der Waals surface area contributed by atoms with Crippen molar-refractivity contribution in [1.29, 1.82) is 5.26 Å². The van der Waals surface area contributed by atoms with Gasteiger partial charge >= 0.3 is 0 Å². The minimum Gasteiger partial charge on any atom is -0.353 e. The number of sulfone groups is 1. The Bertz CT molecular complexity index is 564. The monoisotopic (exact) mass is 252 g/mol. The van der Waals surface area contributed by atoms with Gasteiger partial charge in [0.05, 0.1) is 23.3 Å². The summed E-state index contributed by atoms with van der Waals surface area (Å²) in [5.74, 6) is 0.756. The fraction of sp³-hybridized carbons (Fsp3) is 0.500. The lowest BCUT2D eigenvalue weighted by Gasteiger charge is -2.24. The van der Waals surface area contributed by atoms with Gasteiger partial charge in [0.25, 0.3) is 0 Å². The third-order valence-electron chi connectivity index (χ3n) is 2.91. The molecule has 0 saturated carbocycles. The lowest BCUT2D eigenvalue weighted by Crippen LogP contribution is -2.33. The highest BCUT2D eigenvalue weighted by Crippen LogP contribution is 2.22. The Morgan fingerprint density at radius 2 is 2.35 bits per heavy atom. The fourth-order valence-corrected chi connectivity index (χ4v) is 3.70. The zero-order valence-electron chi connectivity index (χ0n) is 9.37. The summed E-state index contributed by atoms with van der Waals surface area (Å²) in [5.41, 5.74) is 0.409. The topological polar surface area (TPSA) is 86.9 Å². The van der Waals surface area contributed by atoms with Gasteiger partial charge in [-0.25, -0.2) is 8.42 Å². The van der Waals surface area contributed by atoms with Gasteiger partial charge in [-0.2, -0.15) is 10.4 Å². The average Bonchev–Trinajstić information content (AvgIpc) is 2.68. The molecule has 1 aromatic rings. The van der Waals surface area contributed by atoms with Crippen LogP contribution in [-0.4, -0.2) is 43.2 Å². The quantitative estimate of drug-likeness (QED) is 0.734. The zero-order chi connectivity index (χ0) is 12.5. The van der Waals surface area contributed by atoms with E-state index in [-0.39, 0.29) is 17.5 Å². The zero-order valence-corrected chi connectivity index (χ0v) is 10.2. The second-order valence-corrected chi connectivity index (χ2v) is 6.28. The van der Waals surface area contributed by atoms with Crippen molar-refractivity contribution in [3.63, 3.8) is 0 Å². The maximum atomic E-state index is 11.4. The molecular formula is C10H12N4O2S. The molecule has 0 spiro atoms. The van der Waals surface area contributed by atoms with E-state index in [2.05, 4.69) is 10.2 Å². The van der Waals surface area contributed by atoms with Crippen LogP contribution in [0.25, 0.3) is 0 Å². The summed E-state index contributed by atoms with van der Waals surface area (Å²) in [6.45, 7) is 0. The van der Waals surface area contributed by atoms with Crippen molar-refractivity contribution < 1.29 is 8.42 Å². The molecular weight excluding hydrogens is 240 g/mol. The maximum absolute atomic E-state index is 11.4. The number of hydrogen-bond acceptors (Lipinski definition) is 6. The van der Waals surface area contributed by atoms with E-state index in [0.29, 0.717) is 17.8 Å². The number of aromatic nitrogens is 2. The summed E-state index contributed by atoms with van der Waals surface area (Å²) in [7, 11) is -1.19. The predicted molar refractivity (Wildman–Crippen MR) is 62.2 cm³/mol. The van der Waals surface area contributed by atoms with Gasteiger partial charge in [0.1, 0.15) is 6.07 Å². The van der Waals surface area contributed by atoms with Crippen LogP contribution < -0.4 is 4.90 Å². The van der Waals surface area contributed by atoms with Crippen molar-refractivity contribution in [3.8, 4) is 6.07 Å². The van der Waals surface area contributed by atoms with E-state index in [1.807, 2.05) is 6.07 Å². The summed E-state index contributed by atoms with van der Waals surface area (Å²) in [4.78, 5) is 1.73. The van der Waals surface area contributed by atoms with E-state index in [0.717, 1.165) is 0 Å². The first-order chi connectivity index (χ1) is 8.03. The average molecular weight is 252 g/mol. The largest absolute Gasteiger partial charge is 0.353 e. The summed E-state index contributed by atoms with van der Waals surface area (Å²) in [5, 5.41) is 16.6. The van der Waals surface area contributed by atoms with Crippen molar-refractivity contribution in [2.24, 2.45) is 0 Å². The van der Waals surface area contributed by atoms with Crippen LogP contribution in [0.1, 0.15) is 12.0 Å². The van der Waals surface area contributed by atoms with Gasteiger partial charge < -0.3 is 4.90 Å². The van der Waals surface area contributed by atoms with Crippen LogP contribution in [0.15, 0.2) is 12.3 Å². The van der Waals surface area contributed by atoms with E-state index in [4.69, 9.17) is 5.26 Å². The first-order valence-corrected chi connectivity index (χ1v) is 7.00. The second kappa shape index (κ2) is 4.30. The molecule has 2 rings (SSSR count). The number of hydrogen-bond donors (Lipinski definition) is 0. The molecule has 1 atom stereocenters. The number of nitriles is 1. The van der Waals surface area contributed by atoms with Gasteiger partial charge in [-0.1, -0.05) is 0 Å².